The summed E-state index contributed by atoms with van der Waals surface area (Å²) in [6.07, 6.45) is 7.83. The maximum absolute atomic E-state index is 12.1. The van der Waals surface area contributed by atoms with Crippen LogP contribution in [0.3, 0.4) is 0 Å². The molecule has 0 aromatic rings. The van der Waals surface area contributed by atoms with Crippen molar-refractivity contribution in [3.8, 4) is 0 Å². The molecule has 3 nitrogen and oxygen atoms in total. The Balaban J connectivity index is 1.81. The van der Waals surface area contributed by atoms with Crippen LogP contribution in [0.1, 0.15) is 59.3 Å². The molecule has 1 heterocycles. The molecule has 4 unspecified atom stereocenters. The number of hydrogen-bond donors (Lipinski definition) is 1. The van der Waals surface area contributed by atoms with Gasteiger partial charge in [-0.2, -0.15) is 0 Å². The molecule has 1 saturated carbocycles. The molecule has 4 atom stereocenters. The van der Waals surface area contributed by atoms with Crippen LogP contribution in [0, 0.1) is 11.8 Å². The lowest BCUT2D eigenvalue weighted by Crippen LogP contribution is -2.36. The zero-order valence-corrected chi connectivity index (χ0v) is 12.1. The molecule has 2 aliphatic rings. The monoisotopic (exact) mass is 252 g/mol. The van der Waals surface area contributed by atoms with Crippen LogP contribution < -0.4 is 5.32 Å². The molecule has 1 saturated heterocycles. The summed E-state index contributed by atoms with van der Waals surface area (Å²) < 4.78 is 0. The number of carbonyl (C=O) groups is 1. The van der Waals surface area contributed by atoms with Gasteiger partial charge >= 0.3 is 0 Å². The van der Waals surface area contributed by atoms with Crippen LogP contribution in [0.4, 0.5) is 0 Å². The van der Waals surface area contributed by atoms with Gasteiger partial charge in [-0.15, -0.1) is 0 Å². The summed E-state index contributed by atoms with van der Waals surface area (Å²) in [7, 11) is 0. The van der Waals surface area contributed by atoms with Crippen molar-refractivity contribution in [1.29, 1.82) is 0 Å². The average Bonchev–Trinajstić information content (AvgIpc) is 2.62. The number of carbonyl (C=O) groups excluding carboxylic acids is 1. The van der Waals surface area contributed by atoms with Crippen molar-refractivity contribution >= 4 is 5.91 Å². The van der Waals surface area contributed by atoms with Gasteiger partial charge in [0.1, 0.15) is 0 Å². The fourth-order valence-electron chi connectivity index (χ4n) is 3.58. The van der Waals surface area contributed by atoms with E-state index in [1.54, 1.807) is 0 Å². The first kappa shape index (κ1) is 13.9. The lowest BCUT2D eigenvalue weighted by molar-refractivity contribution is -0.130. The first-order chi connectivity index (χ1) is 8.61. The largest absolute Gasteiger partial charge is 0.326 e. The van der Waals surface area contributed by atoms with E-state index in [4.69, 9.17) is 0 Å². The standard InChI is InChI=1S/C15H28N2O/c1-4-14-15(18)17(12(3)16-14)9-8-13-7-5-6-11(2)10-13/h11-14,16H,4-10H2,1-3H3. The van der Waals surface area contributed by atoms with E-state index in [1.807, 2.05) is 4.90 Å². The number of rotatable bonds is 4. The minimum atomic E-state index is 0.0604. The van der Waals surface area contributed by atoms with Gasteiger partial charge in [0.05, 0.1) is 12.2 Å². The average molecular weight is 252 g/mol. The predicted molar refractivity (Wildman–Crippen MR) is 74.1 cm³/mol. The number of nitrogens with zero attached hydrogens (tertiary/aromatic N) is 1. The van der Waals surface area contributed by atoms with Gasteiger partial charge in [0.15, 0.2) is 0 Å². The van der Waals surface area contributed by atoms with E-state index in [9.17, 15) is 4.79 Å². The summed E-state index contributed by atoms with van der Waals surface area (Å²) in [5.74, 6) is 2.04. The Bertz CT molecular complexity index is 292. The quantitative estimate of drug-likeness (QED) is 0.834. The van der Waals surface area contributed by atoms with Crippen molar-refractivity contribution in [1.82, 2.24) is 10.2 Å². The smallest absolute Gasteiger partial charge is 0.240 e. The first-order valence-electron chi connectivity index (χ1n) is 7.68. The van der Waals surface area contributed by atoms with Crippen molar-refractivity contribution in [3.05, 3.63) is 0 Å². The molecule has 18 heavy (non-hydrogen) atoms. The molecule has 1 N–H and O–H groups in total. The van der Waals surface area contributed by atoms with Gasteiger partial charge < -0.3 is 4.90 Å². The van der Waals surface area contributed by atoms with E-state index in [2.05, 4.69) is 26.1 Å². The molecule has 1 amide bonds. The minimum Gasteiger partial charge on any atom is -0.326 e. The molecule has 0 aromatic carbocycles. The normalized spacial score (nSPS) is 37.3. The van der Waals surface area contributed by atoms with Gasteiger partial charge in [-0.1, -0.05) is 33.1 Å². The zero-order valence-electron chi connectivity index (χ0n) is 12.1. The molecular weight excluding hydrogens is 224 g/mol. The molecule has 1 aliphatic carbocycles. The highest BCUT2D eigenvalue weighted by atomic mass is 16.2. The van der Waals surface area contributed by atoms with E-state index < -0.39 is 0 Å². The van der Waals surface area contributed by atoms with Crippen molar-refractivity contribution in [2.75, 3.05) is 6.54 Å². The number of nitrogens with one attached hydrogen (secondary N) is 1. The Morgan fingerprint density at radius 2 is 2.11 bits per heavy atom. The first-order valence-corrected chi connectivity index (χ1v) is 7.68. The van der Waals surface area contributed by atoms with E-state index in [-0.39, 0.29) is 12.2 Å². The Morgan fingerprint density at radius 3 is 2.72 bits per heavy atom. The Hall–Kier alpha value is -0.570. The second-order valence-corrected chi connectivity index (χ2v) is 6.26. The second-order valence-electron chi connectivity index (χ2n) is 6.26. The highest BCUT2D eigenvalue weighted by Crippen LogP contribution is 2.31. The van der Waals surface area contributed by atoms with E-state index >= 15 is 0 Å². The molecule has 2 rings (SSSR count). The van der Waals surface area contributed by atoms with Crippen molar-refractivity contribution in [2.24, 2.45) is 11.8 Å². The van der Waals surface area contributed by atoms with Gasteiger partial charge in [0.25, 0.3) is 0 Å². The summed E-state index contributed by atoms with van der Waals surface area (Å²) >= 11 is 0. The molecule has 2 fully saturated rings. The molecule has 3 heteroatoms. The lowest BCUT2D eigenvalue weighted by atomic mass is 9.81. The van der Waals surface area contributed by atoms with E-state index in [0.29, 0.717) is 5.91 Å². The van der Waals surface area contributed by atoms with E-state index in [1.165, 1.54) is 32.1 Å². The minimum absolute atomic E-state index is 0.0604. The molecule has 0 radical (unpaired) electrons. The Kier molecular flexibility index (Phi) is 4.66. The summed E-state index contributed by atoms with van der Waals surface area (Å²) in [6.45, 7) is 7.50. The molecular formula is C15H28N2O. The van der Waals surface area contributed by atoms with Crippen LogP contribution in [-0.4, -0.2) is 29.6 Å². The summed E-state index contributed by atoms with van der Waals surface area (Å²) in [5, 5.41) is 3.38. The van der Waals surface area contributed by atoms with Crippen LogP contribution in [0.2, 0.25) is 0 Å². The SMILES string of the molecule is CCC1NC(C)N(CCC2CCCC(C)C2)C1=O. The van der Waals surface area contributed by atoms with Gasteiger partial charge in [0, 0.05) is 6.54 Å². The zero-order chi connectivity index (χ0) is 13.1. The fraction of sp³-hybridized carbons (Fsp3) is 0.933. The summed E-state index contributed by atoms with van der Waals surface area (Å²) in [5.41, 5.74) is 0. The summed E-state index contributed by atoms with van der Waals surface area (Å²) in [6, 6.07) is 0.0604. The third-order valence-electron chi connectivity index (χ3n) is 4.72. The van der Waals surface area contributed by atoms with E-state index in [0.717, 1.165) is 24.8 Å². The maximum Gasteiger partial charge on any atom is 0.240 e. The third kappa shape index (κ3) is 3.05. The predicted octanol–water partition coefficient (Wildman–Crippen LogP) is 2.76. The van der Waals surface area contributed by atoms with Crippen LogP contribution in [-0.2, 0) is 4.79 Å². The topological polar surface area (TPSA) is 32.3 Å². The van der Waals surface area contributed by atoms with Crippen LogP contribution in [0.5, 0.6) is 0 Å². The van der Waals surface area contributed by atoms with Gasteiger partial charge in [-0.05, 0) is 38.0 Å². The van der Waals surface area contributed by atoms with Crippen molar-refractivity contribution in [3.63, 3.8) is 0 Å². The van der Waals surface area contributed by atoms with Gasteiger partial charge in [-0.3, -0.25) is 10.1 Å². The summed E-state index contributed by atoms with van der Waals surface area (Å²) in [4.78, 5) is 14.2. The van der Waals surface area contributed by atoms with Gasteiger partial charge in [0.2, 0.25) is 5.91 Å². The fourth-order valence-corrected chi connectivity index (χ4v) is 3.58. The highest BCUT2D eigenvalue weighted by Gasteiger charge is 2.35. The van der Waals surface area contributed by atoms with Crippen molar-refractivity contribution < 1.29 is 4.79 Å². The maximum atomic E-state index is 12.1. The third-order valence-corrected chi connectivity index (χ3v) is 4.72. The van der Waals surface area contributed by atoms with Crippen LogP contribution >= 0.6 is 0 Å². The lowest BCUT2D eigenvalue weighted by Gasteiger charge is -2.29. The Morgan fingerprint density at radius 1 is 1.33 bits per heavy atom. The Labute approximate surface area is 111 Å². The molecule has 0 bridgehead atoms. The van der Waals surface area contributed by atoms with Crippen LogP contribution in [0.25, 0.3) is 0 Å². The number of amides is 1. The van der Waals surface area contributed by atoms with Crippen molar-refractivity contribution in [2.45, 2.75) is 71.5 Å². The van der Waals surface area contributed by atoms with Gasteiger partial charge in [-0.25, -0.2) is 0 Å². The van der Waals surface area contributed by atoms with Crippen LogP contribution in [0.15, 0.2) is 0 Å². The molecule has 104 valence electrons. The molecule has 0 spiro atoms. The number of hydrogen-bond acceptors (Lipinski definition) is 2. The molecule has 1 aliphatic heterocycles. The molecule has 0 aromatic heterocycles. The second kappa shape index (κ2) is 6.05. The highest BCUT2D eigenvalue weighted by molar-refractivity contribution is 5.84.